The topological polar surface area (TPSA) is 45.4 Å². The third-order valence-corrected chi connectivity index (χ3v) is 3.42. The molecule has 5 nitrogen and oxygen atoms in total. The van der Waals surface area contributed by atoms with Gasteiger partial charge in [0.1, 0.15) is 0 Å². The molecule has 100 valence electrons. The molecule has 1 aliphatic heterocycles. The molecule has 0 bridgehead atoms. The molecule has 1 fully saturated rings. The Labute approximate surface area is 112 Å². The predicted molar refractivity (Wildman–Crippen MR) is 73.0 cm³/mol. The second-order valence-electron chi connectivity index (χ2n) is 4.81. The van der Waals surface area contributed by atoms with Crippen molar-refractivity contribution in [2.75, 3.05) is 31.1 Å². The van der Waals surface area contributed by atoms with E-state index in [1.165, 1.54) is 5.69 Å². The molecule has 5 heteroatoms. The molecule has 0 aliphatic carbocycles. The number of benzene rings is 1. The summed E-state index contributed by atoms with van der Waals surface area (Å²) in [6.45, 7) is 6.70. The van der Waals surface area contributed by atoms with E-state index in [-0.39, 0.29) is 0 Å². The number of hydrogen-bond acceptors (Lipinski definition) is 5. The van der Waals surface area contributed by atoms with Gasteiger partial charge in [0.05, 0.1) is 6.54 Å². The number of rotatable bonds is 3. The Balaban J connectivity index is 1.55. The zero-order valence-electron chi connectivity index (χ0n) is 11.1. The van der Waals surface area contributed by atoms with Crippen molar-refractivity contribution in [3.05, 3.63) is 42.1 Å². The maximum Gasteiger partial charge on any atom is 0.230 e. The van der Waals surface area contributed by atoms with Crippen LogP contribution in [-0.2, 0) is 6.54 Å². The van der Waals surface area contributed by atoms with E-state index in [0.717, 1.165) is 32.7 Å². The summed E-state index contributed by atoms with van der Waals surface area (Å²) in [7, 11) is 0. The number of anilines is 1. The van der Waals surface area contributed by atoms with Gasteiger partial charge in [-0.15, -0.1) is 10.2 Å². The van der Waals surface area contributed by atoms with E-state index in [2.05, 4.69) is 50.3 Å². The van der Waals surface area contributed by atoms with Gasteiger partial charge in [-0.3, -0.25) is 4.90 Å². The Kier molecular flexibility index (Phi) is 3.46. The van der Waals surface area contributed by atoms with Crippen LogP contribution in [0.25, 0.3) is 0 Å². The Bertz CT molecular complexity index is 517. The lowest BCUT2D eigenvalue weighted by Crippen LogP contribution is -2.46. The summed E-state index contributed by atoms with van der Waals surface area (Å²) in [5, 5.41) is 7.91. The Hall–Kier alpha value is -1.88. The SMILES string of the molecule is Cc1nnc(CN2CCN(c3ccccc3)CC2)o1. The van der Waals surface area contributed by atoms with Crippen molar-refractivity contribution in [2.45, 2.75) is 13.5 Å². The summed E-state index contributed by atoms with van der Waals surface area (Å²) >= 11 is 0. The Morgan fingerprint density at radius 1 is 1.05 bits per heavy atom. The van der Waals surface area contributed by atoms with Gasteiger partial charge < -0.3 is 9.32 Å². The maximum atomic E-state index is 5.42. The molecule has 1 aromatic carbocycles. The van der Waals surface area contributed by atoms with Crippen molar-refractivity contribution in [3.8, 4) is 0 Å². The summed E-state index contributed by atoms with van der Waals surface area (Å²) in [6, 6.07) is 10.6. The van der Waals surface area contributed by atoms with Crippen LogP contribution in [0.3, 0.4) is 0 Å². The van der Waals surface area contributed by atoms with Crippen LogP contribution < -0.4 is 4.90 Å². The molecule has 2 aromatic rings. The molecular weight excluding hydrogens is 240 g/mol. The molecule has 0 atom stereocenters. The van der Waals surface area contributed by atoms with Crippen LogP contribution in [0.5, 0.6) is 0 Å². The first-order chi connectivity index (χ1) is 9.31. The molecule has 2 heterocycles. The summed E-state index contributed by atoms with van der Waals surface area (Å²) in [4.78, 5) is 4.77. The fourth-order valence-corrected chi connectivity index (χ4v) is 2.40. The lowest BCUT2D eigenvalue weighted by atomic mass is 10.2. The van der Waals surface area contributed by atoms with E-state index in [0.29, 0.717) is 11.8 Å². The molecule has 1 aromatic heterocycles. The first-order valence-electron chi connectivity index (χ1n) is 6.62. The Morgan fingerprint density at radius 2 is 1.79 bits per heavy atom. The van der Waals surface area contributed by atoms with Gasteiger partial charge in [0.15, 0.2) is 0 Å². The Morgan fingerprint density at radius 3 is 2.42 bits per heavy atom. The zero-order chi connectivity index (χ0) is 13.1. The van der Waals surface area contributed by atoms with Crippen LogP contribution in [-0.4, -0.2) is 41.3 Å². The van der Waals surface area contributed by atoms with E-state index in [9.17, 15) is 0 Å². The molecule has 0 amide bonds. The number of para-hydroxylation sites is 1. The molecule has 0 unspecified atom stereocenters. The van der Waals surface area contributed by atoms with Crippen molar-refractivity contribution < 1.29 is 4.42 Å². The highest BCUT2D eigenvalue weighted by molar-refractivity contribution is 5.46. The molecule has 19 heavy (non-hydrogen) atoms. The maximum absolute atomic E-state index is 5.42. The molecule has 3 rings (SSSR count). The molecule has 0 N–H and O–H groups in total. The largest absolute Gasteiger partial charge is 0.424 e. The van der Waals surface area contributed by atoms with Crippen molar-refractivity contribution >= 4 is 5.69 Å². The van der Waals surface area contributed by atoms with Gasteiger partial charge in [-0.05, 0) is 12.1 Å². The fourth-order valence-electron chi connectivity index (χ4n) is 2.40. The molecule has 1 aliphatic rings. The molecular formula is C14H18N4O. The monoisotopic (exact) mass is 258 g/mol. The lowest BCUT2D eigenvalue weighted by molar-refractivity contribution is 0.225. The van der Waals surface area contributed by atoms with E-state index in [1.807, 2.05) is 6.92 Å². The van der Waals surface area contributed by atoms with Crippen LogP contribution >= 0.6 is 0 Å². The van der Waals surface area contributed by atoms with Crippen molar-refractivity contribution in [1.29, 1.82) is 0 Å². The first-order valence-corrected chi connectivity index (χ1v) is 6.62. The highest BCUT2D eigenvalue weighted by Crippen LogP contribution is 2.16. The van der Waals surface area contributed by atoms with E-state index in [4.69, 9.17) is 4.42 Å². The van der Waals surface area contributed by atoms with Crippen LogP contribution in [0.4, 0.5) is 5.69 Å². The summed E-state index contributed by atoms with van der Waals surface area (Å²) in [5.74, 6) is 1.35. The van der Waals surface area contributed by atoms with Gasteiger partial charge in [-0.2, -0.15) is 0 Å². The lowest BCUT2D eigenvalue weighted by Gasteiger charge is -2.35. The van der Waals surface area contributed by atoms with Crippen molar-refractivity contribution in [2.24, 2.45) is 0 Å². The molecule has 0 spiro atoms. The number of piperazine rings is 1. The predicted octanol–water partition coefficient (Wildman–Crippen LogP) is 1.70. The van der Waals surface area contributed by atoms with E-state index in [1.54, 1.807) is 0 Å². The highest BCUT2D eigenvalue weighted by Gasteiger charge is 2.18. The van der Waals surface area contributed by atoms with Gasteiger partial charge in [0.2, 0.25) is 11.8 Å². The van der Waals surface area contributed by atoms with Crippen LogP contribution in [0.1, 0.15) is 11.8 Å². The van der Waals surface area contributed by atoms with Gasteiger partial charge in [-0.1, -0.05) is 18.2 Å². The van der Waals surface area contributed by atoms with Crippen LogP contribution in [0, 0.1) is 6.92 Å². The van der Waals surface area contributed by atoms with Gasteiger partial charge in [0, 0.05) is 38.8 Å². The average molecular weight is 258 g/mol. The number of aryl methyl sites for hydroxylation is 1. The van der Waals surface area contributed by atoms with Crippen LogP contribution in [0.2, 0.25) is 0 Å². The first kappa shape index (κ1) is 12.2. The standard InChI is InChI=1S/C14H18N4O/c1-12-15-16-14(19-12)11-17-7-9-18(10-8-17)13-5-3-2-4-6-13/h2-6H,7-11H2,1H3. The molecule has 0 saturated carbocycles. The minimum atomic E-state index is 0.637. The summed E-state index contributed by atoms with van der Waals surface area (Å²) in [6.07, 6.45) is 0. The average Bonchev–Trinajstić information content (AvgIpc) is 2.86. The van der Waals surface area contributed by atoms with Gasteiger partial charge in [0.25, 0.3) is 0 Å². The van der Waals surface area contributed by atoms with Crippen molar-refractivity contribution in [3.63, 3.8) is 0 Å². The fraction of sp³-hybridized carbons (Fsp3) is 0.429. The summed E-state index contributed by atoms with van der Waals surface area (Å²) < 4.78 is 5.42. The second-order valence-corrected chi connectivity index (χ2v) is 4.81. The van der Waals surface area contributed by atoms with Crippen LogP contribution in [0.15, 0.2) is 34.7 Å². The minimum Gasteiger partial charge on any atom is -0.424 e. The quantitative estimate of drug-likeness (QED) is 0.838. The normalized spacial score (nSPS) is 16.8. The number of nitrogens with zero attached hydrogens (tertiary/aromatic N) is 4. The zero-order valence-corrected chi connectivity index (χ0v) is 11.1. The highest BCUT2D eigenvalue weighted by atomic mass is 16.4. The third-order valence-electron chi connectivity index (χ3n) is 3.42. The second kappa shape index (κ2) is 5.40. The number of hydrogen-bond donors (Lipinski definition) is 0. The summed E-state index contributed by atoms with van der Waals surface area (Å²) in [5.41, 5.74) is 1.30. The van der Waals surface area contributed by atoms with Gasteiger partial charge in [-0.25, -0.2) is 0 Å². The smallest absolute Gasteiger partial charge is 0.230 e. The third kappa shape index (κ3) is 2.93. The van der Waals surface area contributed by atoms with E-state index < -0.39 is 0 Å². The number of aromatic nitrogens is 2. The van der Waals surface area contributed by atoms with Gasteiger partial charge >= 0.3 is 0 Å². The minimum absolute atomic E-state index is 0.637. The van der Waals surface area contributed by atoms with Crippen molar-refractivity contribution in [1.82, 2.24) is 15.1 Å². The molecule has 1 saturated heterocycles. The molecule has 0 radical (unpaired) electrons. The van der Waals surface area contributed by atoms with E-state index >= 15 is 0 Å².